The van der Waals surface area contributed by atoms with Crippen LogP contribution in [0, 0.1) is 5.92 Å². The lowest BCUT2D eigenvalue weighted by molar-refractivity contribution is -0.119. The Bertz CT molecular complexity index is 1180. The number of pyridine rings is 1. The van der Waals surface area contributed by atoms with Gasteiger partial charge in [-0.25, -0.2) is 0 Å². The smallest absolute Gasteiger partial charge is 0.230 e. The molecular formula is C27H29N5OS. The highest BCUT2D eigenvalue weighted by Gasteiger charge is 2.19. The molecule has 1 N–H and O–H groups in total. The Hall–Kier alpha value is -3.45. The number of benzene rings is 2. The fourth-order valence-corrected chi connectivity index (χ4v) is 4.57. The zero-order chi connectivity index (χ0) is 23.8. The lowest BCUT2D eigenvalue weighted by atomic mass is 9.97. The SMILES string of the molecule is CC(C)CC(NC(=O)CSc1nnc(-c2ccncc2)n1Cc1ccccc1)c1ccccc1. The van der Waals surface area contributed by atoms with E-state index in [9.17, 15) is 4.79 Å². The maximum absolute atomic E-state index is 12.9. The van der Waals surface area contributed by atoms with Crippen LogP contribution in [0.15, 0.2) is 90.3 Å². The van der Waals surface area contributed by atoms with E-state index in [0.717, 1.165) is 28.9 Å². The highest BCUT2D eigenvalue weighted by atomic mass is 32.2. The molecule has 2 heterocycles. The van der Waals surface area contributed by atoms with Gasteiger partial charge in [-0.2, -0.15) is 0 Å². The number of aromatic nitrogens is 4. The van der Waals surface area contributed by atoms with Crippen molar-refractivity contribution in [3.8, 4) is 11.4 Å². The predicted octanol–water partition coefficient (Wildman–Crippen LogP) is 5.38. The lowest BCUT2D eigenvalue weighted by Gasteiger charge is -2.21. The molecule has 0 aliphatic heterocycles. The molecule has 0 spiro atoms. The molecule has 0 saturated heterocycles. The first kappa shape index (κ1) is 23.7. The van der Waals surface area contributed by atoms with E-state index in [1.165, 1.54) is 11.8 Å². The summed E-state index contributed by atoms with van der Waals surface area (Å²) in [5, 5.41) is 12.8. The van der Waals surface area contributed by atoms with Gasteiger partial charge in [-0.1, -0.05) is 86.3 Å². The lowest BCUT2D eigenvalue weighted by Crippen LogP contribution is -2.31. The molecule has 0 aliphatic carbocycles. The number of amides is 1. The van der Waals surface area contributed by atoms with Crippen molar-refractivity contribution in [2.45, 2.75) is 38.0 Å². The van der Waals surface area contributed by atoms with Crippen molar-refractivity contribution in [3.63, 3.8) is 0 Å². The second-order valence-electron chi connectivity index (χ2n) is 8.56. The van der Waals surface area contributed by atoms with E-state index < -0.39 is 0 Å². The summed E-state index contributed by atoms with van der Waals surface area (Å²) >= 11 is 1.41. The topological polar surface area (TPSA) is 72.7 Å². The first-order chi connectivity index (χ1) is 16.6. The van der Waals surface area contributed by atoms with Crippen LogP contribution >= 0.6 is 11.8 Å². The van der Waals surface area contributed by atoms with Crippen LogP contribution in [0.25, 0.3) is 11.4 Å². The van der Waals surface area contributed by atoms with Crippen molar-refractivity contribution < 1.29 is 4.79 Å². The summed E-state index contributed by atoms with van der Waals surface area (Å²) in [5.41, 5.74) is 3.21. The largest absolute Gasteiger partial charge is 0.349 e. The fraction of sp³-hybridized carbons (Fsp3) is 0.259. The summed E-state index contributed by atoms with van der Waals surface area (Å²) in [6, 6.07) is 24.2. The zero-order valence-electron chi connectivity index (χ0n) is 19.5. The molecule has 0 aliphatic rings. The third kappa shape index (κ3) is 6.32. The van der Waals surface area contributed by atoms with Crippen LogP contribution in [0.1, 0.15) is 37.4 Å². The quantitative estimate of drug-likeness (QED) is 0.314. The number of thioether (sulfide) groups is 1. The van der Waals surface area contributed by atoms with Crippen molar-refractivity contribution in [2.75, 3.05) is 5.75 Å². The number of nitrogens with one attached hydrogen (secondary N) is 1. The van der Waals surface area contributed by atoms with Gasteiger partial charge in [-0.3, -0.25) is 14.3 Å². The van der Waals surface area contributed by atoms with Gasteiger partial charge < -0.3 is 5.32 Å². The number of hydrogen-bond acceptors (Lipinski definition) is 5. The highest BCUT2D eigenvalue weighted by molar-refractivity contribution is 7.99. The Labute approximate surface area is 204 Å². The molecule has 7 heteroatoms. The monoisotopic (exact) mass is 471 g/mol. The van der Waals surface area contributed by atoms with Gasteiger partial charge in [0.05, 0.1) is 18.3 Å². The van der Waals surface area contributed by atoms with Crippen molar-refractivity contribution >= 4 is 17.7 Å². The average Bonchev–Trinajstić information content (AvgIpc) is 3.26. The minimum atomic E-state index is -0.0146. The maximum atomic E-state index is 12.9. The van der Waals surface area contributed by atoms with Crippen LogP contribution in [-0.4, -0.2) is 31.4 Å². The van der Waals surface area contributed by atoms with Crippen LogP contribution in [0.2, 0.25) is 0 Å². The summed E-state index contributed by atoms with van der Waals surface area (Å²) in [7, 11) is 0. The Morgan fingerprint density at radius 1 is 0.941 bits per heavy atom. The minimum absolute atomic E-state index is 0.0103. The minimum Gasteiger partial charge on any atom is -0.349 e. The Kier molecular flexibility index (Phi) is 8.09. The van der Waals surface area contributed by atoms with Crippen molar-refractivity contribution in [2.24, 2.45) is 5.92 Å². The predicted molar refractivity (Wildman–Crippen MR) is 136 cm³/mol. The number of carbonyl (C=O) groups is 1. The molecule has 0 bridgehead atoms. The third-order valence-electron chi connectivity index (χ3n) is 5.42. The van der Waals surface area contributed by atoms with E-state index in [4.69, 9.17) is 0 Å². The second-order valence-corrected chi connectivity index (χ2v) is 9.51. The van der Waals surface area contributed by atoms with Crippen LogP contribution in [-0.2, 0) is 11.3 Å². The number of nitrogens with zero attached hydrogens (tertiary/aromatic N) is 4. The van der Waals surface area contributed by atoms with Crippen LogP contribution < -0.4 is 5.32 Å². The van der Waals surface area contributed by atoms with E-state index in [1.807, 2.05) is 48.5 Å². The molecule has 174 valence electrons. The van der Waals surface area contributed by atoms with Crippen LogP contribution in [0.3, 0.4) is 0 Å². The standard InChI is InChI=1S/C27H29N5OS/c1-20(2)17-24(22-11-7-4-8-12-22)29-25(33)19-34-27-31-30-26(23-13-15-28-16-14-23)32(27)18-21-9-5-3-6-10-21/h3-16,20,24H,17-19H2,1-2H3,(H,29,33). The Balaban J connectivity index is 1.50. The summed E-state index contributed by atoms with van der Waals surface area (Å²) in [4.78, 5) is 17.0. The molecule has 4 aromatic rings. The van der Waals surface area contributed by atoms with Gasteiger partial charge in [0.25, 0.3) is 0 Å². The molecule has 1 unspecified atom stereocenters. The molecule has 34 heavy (non-hydrogen) atoms. The molecule has 0 saturated carbocycles. The second kappa shape index (κ2) is 11.6. The van der Waals surface area contributed by atoms with Gasteiger partial charge in [-0.05, 0) is 35.6 Å². The fourth-order valence-electron chi connectivity index (χ4n) is 3.82. The van der Waals surface area contributed by atoms with E-state index in [2.05, 4.69) is 63.2 Å². The number of carbonyl (C=O) groups excluding carboxylic acids is 1. The summed E-state index contributed by atoms with van der Waals surface area (Å²) in [6.07, 6.45) is 4.38. The zero-order valence-corrected chi connectivity index (χ0v) is 20.3. The van der Waals surface area contributed by atoms with Gasteiger partial charge in [0.15, 0.2) is 11.0 Å². The average molecular weight is 472 g/mol. The molecular weight excluding hydrogens is 442 g/mol. The van der Waals surface area contributed by atoms with Crippen molar-refractivity contribution in [3.05, 3.63) is 96.3 Å². The van der Waals surface area contributed by atoms with E-state index >= 15 is 0 Å². The first-order valence-corrected chi connectivity index (χ1v) is 12.4. The van der Waals surface area contributed by atoms with Crippen molar-refractivity contribution in [1.29, 1.82) is 0 Å². The first-order valence-electron chi connectivity index (χ1n) is 11.4. The molecule has 6 nitrogen and oxygen atoms in total. The van der Waals surface area contributed by atoms with E-state index in [0.29, 0.717) is 17.6 Å². The number of hydrogen-bond donors (Lipinski definition) is 1. The van der Waals surface area contributed by atoms with Gasteiger partial charge in [0.1, 0.15) is 0 Å². The Morgan fingerprint density at radius 3 is 2.29 bits per heavy atom. The summed E-state index contributed by atoms with van der Waals surface area (Å²) < 4.78 is 2.06. The summed E-state index contributed by atoms with van der Waals surface area (Å²) in [6.45, 7) is 4.96. The summed E-state index contributed by atoms with van der Waals surface area (Å²) in [5.74, 6) is 1.48. The van der Waals surface area contributed by atoms with Crippen LogP contribution in [0.4, 0.5) is 0 Å². The molecule has 4 rings (SSSR count). The molecule has 2 aromatic carbocycles. The highest BCUT2D eigenvalue weighted by Crippen LogP contribution is 2.26. The molecule has 1 atom stereocenters. The normalized spacial score (nSPS) is 12.0. The molecule has 0 radical (unpaired) electrons. The number of rotatable bonds is 10. The third-order valence-corrected chi connectivity index (χ3v) is 6.38. The molecule has 0 fully saturated rings. The van der Waals surface area contributed by atoms with Gasteiger partial charge in [0, 0.05) is 18.0 Å². The van der Waals surface area contributed by atoms with Crippen molar-refractivity contribution in [1.82, 2.24) is 25.1 Å². The maximum Gasteiger partial charge on any atom is 0.230 e. The Morgan fingerprint density at radius 2 is 1.62 bits per heavy atom. The van der Waals surface area contributed by atoms with Crippen LogP contribution in [0.5, 0.6) is 0 Å². The molecule has 1 amide bonds. The van der Waals surface area contributed by atoms with Gasteiger partial charge in [-0.15, -0.1) is 10.2 Å². The van der Waals surface area contributed by atoms with E-state index in [1.54, 1.807) is 12.4 Å². The van der Waals surface area contributed by atoms with Gasteiger partial charge >= 0.3 is 0 Å². The van der Waals surface area contributed by atoms with E-state index in [-0.39, 0.29) is 17.7 Å². The molecule has 2 aromatic heterocycles. The van der Waals surface area contributed by atoms with Gasteiger partial charge in [0.2, 0.25) is 5.91 Å².